The second kappa shape index (κ2) is 9.83. The van der Waals surface area contributed by atoms with Gasteiger partial charge >= 0.3 is 0 Å². The Morgan fingerprint density at radius 2 is 1.88 bits per heavy atom. The van der Waals surface area contributed by atoms with Crippen molar-refractivity contribution in [3.8, 4) is 22.8 Å². The van der Waals surface area contributed by atoms with E-state index in [9.17, 15) is 14.3 Å². The first-order valence-corrected chi connectivity index (χ1v) is 11.2. The summed E-state index contributed by atoms with van der Waals surface area (Å²) in [5, 5.41) is 21.6. The number of aromatic hydroxyl groups is 1. The smallest absolute Gasteiger partial charge is 0.230 e. The number of halogens is 1. The van der Waals surface area contributed by atoms with E-state index in [1.807, 2.05) is 32.0 Å². The molecule has 0 spiro atoms. The van der Waals surface area contributed by atoms with Gasteiger partial charge in [-0.1, -0.05) is 36.0 Å². The third kappa shape index (κ3) is 5.04. The Labute approximate surface area is 194 Å². The van der Waals surface area contributed by atoms with Gasteiger partial charge in [-0.15, -0.1) is 10.2 Å². The van der Waals surface area contributed by atoms with Gasteiger partial charge in [-0.2, -0.15) is 0 Å². The number of nitrogens with zero attached hydrogens (tertiary/aromatic N) is 4. The highest BCUT2D eigenvalue weighted by Crippen LogP contribution is 2.29. The van der Waals surface area contributed by atoms with Gasteiger partial charge in [-0.3, -0.25) is 14.3 Å². The van der Waals surface area contributed by atoms with Crippen molar-refractivity contribution < 1.29 is 14.3 Å². The predicted molar refractivity (Wildman–Crippen MR) is 125 cm³/mol. The molecule has 0 aliphatic rings. The minimum Gasteiger partial charge on any atom is -0.507 e. The third-order valence-electron chi connectivity index (χ3n) is 5.02. The zero-order valence-corrected chi connectivity index (χ0v) is 18.9. The fraction of sp³-hybridized carbons (Fsp3) is 0.167. The zero-order valence-electron chi connectivity index (χ0n) is 18.1. The number of amides is 1. The topological polar surface area (TPSA) is 92.9 Å². The van der Waals surface area contributed by atoms with Crippen LogP contribution in [0.4, 0.5) is 4.39 Å². The molecule has 1 amide bonds. The molecule has 0 unspecified atom stereocenters. The molecule has 2 heterocycles. The van der Waals surface area contributed by atoms with Crippen LogP contribution in [0.5, 0.6) is 5.75 Å². The Morgan fingerprint density at radius 3 is 2.58 bits per heavy atom. The molecule has 9 heteroatoms. The van der Waals surface area contributed by atoms with Crippen molar-refractivity contribution in [1.29, 1.82) is 0 Å². The summed E-state index contributed by atoms with van der Waals surface area (Å²) in [5.74, 6) is 0.153. The quantitative estimate of drug-likeness (QED) is 0.399. The second-order valence-electron chi connectivity index (χ2n) is 7.48. The van der Waals surface area contributed by atoms with Crippen molar-refractivity contribution >= 4 is 17.7 Å². The molecule has 4 aromatic rings. The van der Waals surface area contributed by atoms with E-state index in [0.29, 0.717) is 28.8 Å². The van der Waals surface area contributed by atoms with Gasteiger partial charge < -0.3 is 10.4 Å². The van der Waals surface area contributed by atoms with Crippen LogP contribution >= 0.6 is 11.8 Å². The van der Waals surface area contributed by atoms with Crippen LogP contribution in [0.25, 0.3) is 17.1 Å². The number of benzene rings is 2. The number of rotatable bonds is 7. The van der Waals surface area contributed by atoms with Gasteiger partial charge in [0.1, 0.15) is 11.6 Å². The van der Waals surface area contributed by atoms with Crippen LogP contribution in [-0.2, 0) is 11.3 Å². The highest BCUT2D eigenvalue weighted by atomic mass is 32.2. The molecule has 2 aromatic carbocycles. The van der Waals surface area contributed by atoms with E-state index in [0.717, 1.165) is 16.7 Å². The average molecular weight is 464 g/mol. The Bertz CT molecular complexity index is 1270. The summed E-state index contributed by atoms with van der Waals surface area (Å²) in [5.41, 5.74) is 3.39. The van der Waals surface area contributed by atoms with Crippen molar-refractivity contribution in [1.82, 2.24) is 25.1 Å². The summed E-state index contributed by atoms with van der Waals surface area (Å²) in [6.45, 7) is 3.97. The molecule has 0 fully saturated rings. The maximum absolute atomic E-state index is 14.6. The lowest BCUT2D eigenvalue weighted by atomic mass is 10.1. The van der Waals surface area contributed by atoms with E-state index in [2.05, 4.69) is 20.5 Å². The lowest BCUT2D eigenvalue weighted by Gasteiger charge is -2.11. The fourth-order valence-electron chi connectivity index (χ4n) is 3.43. The van der Waals surface area contributed by atoms with Crippen molar-refractivity contribution in [3.63, 3.8) is 0 Å². The van der Waals surface area contributed by atoms with Gasteiger partial charge in [0, 0.05) is 24.5 Å². The summed E-state index contributed by atoms with van der Waals surface area (Å²) >= 11 is 1.17. The summed E-state index contributed by atoms with van der Waals surface area (Å²) in [6, 6.07) is 13.6. The second-order valence-corrected chi connectivity index (χ2v) is 8.42. The standard InChI is InChI=1S/C24H22FN5O2S/c1-15-10-17(11-16(2)22(15)32)12-27-21(31)14-33-24-29-28-23(18-6-5-9-26-13-18)30(24)20-8-4-3-7-19(20)25/h3-11,13,32H,12,14H2,1-2H3,(H,27,31). The first-order valence-electron chi connectivity index (χ1n) is 10.2. The molecule has 33 heavy (non-hydrogen) atoms. The molecule has 0 aliphatic carbocycles. The first-order chi connectivity index (χ1) is 15.9. The minimum absolute atomic E-state index is 0.0790. The number of nitrogens with one attached hydrogen (secondary N) is 1. The SMILES string of the molecule is Cc1cc(CNC(=O)CSc2nnc(-c3cccnc3)n2-c2ccccc2F)cc(C)c1O. The van der Waals surface area contributed by atoms with E-state index in [4.69, 9.17) is 0 Å². The zero-order chi connectivity index (χ0) is 23.4. The molecule has 0 atom stereocenters. The van der Waals surface area contributed by atoms with Crippen molar-refractivity contribution in [2.75, 3.05) is 5.75 Å². The van der Waals surface area contributed by atoms with Crippen LogP contribution in [0.1, 0.15) is 16.7 Å². The summed E-state index contributed by atoms with van der Waals surface area (Å²) in [6.07, 6.45) is 3.27. The van der Waals surface area contributed by atoms with Crippen LogP contribution in [0.2, 0.25) is 0 Å². The van der Waals surface area contributed by atoms with Crippen LogP contribution in [0, 0.1) is 19.7 Å². The van der Waals surface area contributed by atoms with Crippen molar-refractivity contribution in [3.05, 3.63) is 83.4 Å². The van der Waals surface area contributed by atoms with Crippen LogP contribution < -0.4 is 5.32 Å². The fourth-order valence-corrected chi connectivity index (χ4v) is 4.20. The molecule has 0 saturated heterocycles. The van der Waals surface area contributed by atoms with E-state index in [-0.39, 0.29) is 17.4 Å². The number of hydrogen-bond acceptors (Lipinski definition) is 6. The normalized spacial score (nSPS) is 10.9. The Balaban J connectivity index is 1.52. The number of phenols is 1. The molecule has 0 aliphatic heterocycles. The van der Waals surface area contributed by atoms with Gasteiger partial charge in [-0.05, 0) is 54.8 Å². The van der Waals surface area contributed by atoms with Crippen molar-refractivity contribution in [2.24, 2.45) is 0 Å². The Kier molecular flexibility index (Phi) is 6.69. The number of carbonyl (C=O) groups is 1. The van der Waals surface area contributed by atoms with Crippen LogP contribution in [0.15, 0.2) is 66.1 Å². The van der Waals surface area contributed by atoms with Gasteiger partial charge in [-0.25, -0.2) is 4.39 Å². The number of para-hydroxylation sites is 1. The first kappa shape index (κ1) is 22.5. The number of hydrogen-bond donors (Lipinski definition) is 2. The van der Waals surface area contributed by atoms with Crippen LogP contribution in [0.3, 0.4) is 0 Å². The van der Waals surface area contributed by atoms with E-state index >= 15 is 0 Å². The number of pyridine rings is 1. The minimum atomic E-state index is -0.424. The van der Waals surface area contributed by atoms with Crippen molar-refractivity contribution in [2.45, 2.75) is 25.5 Å². The molecule has 0 radical (unpaired) electrons. The van der Waals surface area contributed by atoms with Crippen LogP contribution in [-0.4, -0.2) is 36.5 Å². The Hall–Kier alpha value is -3.72. The Morgan fingerprint density at radius 1 is 1.12 bits per heavy atom. The maximum atomic E-state index is 14.6. The number of thioether (sulfide) groups is 1. The molecule has 0 saturated carbocycles. The van der Waals surface area contributed by atoms with Gasteiger partial charge in [0.15, 0.2) is 11.0 Å². The number of aryl methyl sites for hydroxylation is 2. The molecule has 4 rings (SSSR count). The number of phenolic OH excluding ortho intramolecular Hbond substituents is 1. The summed E-state index contributed by atoms with van der Waals surface area (Å²) < 4.78 is 16.2. The molecule has 2 N–H and O–H groups in total. The van der Waals surface area contributed by atoms with E-state index in [1.165, 1.54) is 17.8 Å². The largest absolute Gasteiger partial charge is 0.507 e. The van der Waals surface area contributed by atoms with Gasteiger partial charge in [0.25, 0.3) is 0 Å². The third-order valence-corrected chi connectivity index (χ3v) is 5.95. The summed E-state index contributed by atoms with van der Waals surface area (Å²) in [7, 11) is 0. The van der Waals surface area contributed by atoms with E-state index in [1.54, 1.807) is 41.2 Å². The molecule has 0 bridgehead atoms. The number of carbonyl (C=O) groups excluding carboxylic acids is 1. The monoisotopic (exact) mass is 463 g/mol. The predicted octanol–water partition coefficient (Wildman–Crippen LogP) is 4.20. The highest BCUT2D eigenvalue weighted by molar-refractivity contribution is 7.99. The number of aromatic nitrogens is 4. The average Bonchev–Trinajstić information content (AvgIpc) is 3.24. The molecule has 7 nitrogen and oxygen atoms in total. The molecule has 168 valence electrons. The van der Waals surface area contributed by atoms with E-state index < -0.39 is 5.82 Å². The lowest BCUT2D eigenvalue weighted by Crippen LogP contribution is -2.24. The van der Waals surface area contributed by atoms with Gasteiger partial charge in [0.2, 0.25) is 5.91 Å². The van der Waals surface area contributed by atoms with Gasteiger partial charge in [0.05, 0.1) is 11.4 Å². The lowest BCUT2D eigenvalue weighted by molar-refractivity contribution is -0.118. The highest BCUT2D eigenvalue weighted by Gasteiger charge is 2.19. The molecular weight excluding hydrogens is 441 g/mol. The maximum Gasteiger partial charge on any atom is 0.230 e. The molecule has 2 aromatic heterocycles. The summed E-state index contributed by atoms with van der Waals surface area (Å²) in [4.78, 5) is 16.6. The molecular formula is C24H22FN5O2S.